The molecule has 1 aromatic carbocycles. The van der Waals surface area contributed by atoms with Gasteiger partial charge in [-0.15, -0.1) is 10.2 Å². The molecule has 3 aromatic rings. The Balaban J connectivity index is 2.03. The third-order valence-corrected chi connectivity index (χ3v) is 2.94. The third kappa shape index (κ3) is 2.86. The van der Waals surface area contributed by atoms with Crippen molar-refractivity contribution in [3.63, 3.8) is 0 Å². The Morgan fingerprint density at radius 3 is 2.86 bits per heavy atom. The molecule has 0 amide bonds. The van der Waals surface area contributed by atoms with Gasteiger partial charge in [-0.2, -0.15) is 4.98 Å². The predicted molar refractivity (Wildman–Crippen MR) is 79.6 cm³/mol. The maximum atomic E-state index is 9.93. The van der Waals surface area contributed by atoms with Crippen molar-refractivity contribution < 1.29 is 12.3 Å². The molecule has 0 saturated carbocycles. The highest BCUT2D eigenvalue weighted by Crippen LogP contribution is 2.27. The van der Waals surface area contributed by atoms with Gasteiger partial charge in [-0.25, -0.2) is 4.98 Å². The Morgan fingerprint density at radius 1 is 1.36 bits per heavy atom. The molecular weight excluding hydrogens is 284 g/mol. The summed E-state index contributed by atoms with van der Waals surface area (Å²) in [6, 6.07) is 7.53. The number of nitrogens with zero attached hydrogens (tertiary/aromatic N) is 4. The van der Waals surface area contributed by atoms with E-state index in [9.17, 15) is 5.11 Å². The van der Waals surface area contributed by atoms with Crippen molar-refractivity contribution in [1.29, 1.82) is 0 Å². The van der Waals surface area contributed by atoms with Crippen molar-refractivity contribution in [2.75, 3.05) is 17.6 Å². The first-order valence-electron chi connectivity index (χ1n) is 7.38. The summed E-state index contributed by atoms with van der Waals surface area (Å²) in [6.45, 7) is -2.56. The van der Waals surface area contributed by atoms with Crippen LogP contribution in [0.1, 0.15) is 14.3 Å². The summed E-state index contributed by atoms with van der Waals surface area (Å²) in [4.78, 5) is 7.94. The predicted octanol–water partition coefficient (Wildman–Crippen LogP) is 1.25. The second kappa shape index (κ2) is 6.19. The van der Waals surface area contributed by atoms with Gasteiger partial charge >= 0.3 is 0 Å². The van der Waals surface area contributed by atoms with E-state index in [0.29, 0.717) is 11.1 Å². The number of rotatable bonds is 5. The SMILES string of the molecule is [2H]C([2H])(O)[C@@H](Nc1nc(N)ncc1-c1nnco1)c1ccccc1. The lowest BCUT2D eigenvalue weighted by molar-refractivity contribution is 0.276. The fourth-order valence-corrected chi connectivity index (χ4v) is 1.92. The first kappa shape index (κ1) is 11.6. The fourth-order valence-electron chi connectivity index (χ4n) is 1.92. The smallest absolute Gasteiger partial charge is 0.252 e. The summed E-state index contributed by atoms with van der Waals surface area (Å²) >= 11 is 0. The minimum Gasteiger partial charge on any atom is -0.423 e. The van der Waals surface area contributed by atoms with Crippen LogP contribution < -0.4 is 11.1 Å². The number of nitrogens with one attached hydrogen (secondary N) is 1. The molecule has 0 spiro atoms. The first-order chi connectivity index (χ1) is 11.4. The average molecular weight is 300 g/mol. The lowest BCUT2D eigenvalue weighted by Crippen LogP contribution is -2.17. The number of hydrogen-bond acceptors (Lipinski definition) is 8. The van der Waals surface area contributed by atoms with Gasteiger partial charge in [-0.1, -0.05) is 30.3 Å². The summed E-state index contributed by atoms with van der Waals surface area (Å²) in [5, 5.41) is 20.2. The highest BCUT2D eigenvalue weighted by molar-refractivity contribution is 5.69. The van der Waals surface area contributed by atoms with E-state index >= 15 is 0 Å². The van der Waals surface area contributed by atoms with Gasteiger partial charge in [-0.3, -0.25) is 0 Å². The zero-order valence-electron chi connectivity index (χ0n) is 13.3. The number of aliphatic hydroxyl groups is 1. The van der Waals surface area contributed by atoms with Gasteiger partial charge in [0.2, 0.25) is 12.3 Å². The van der Waals surface area contributed by atoms with Crippen LogP contribution in [0.5, 0.6) is 0 Å². The van der Waals surface area contributed by atoms with Crippen LogP contribution in [-0.4, -0.2) is 31.8 Å². The van der Waals surface area contributed by atoms with E-state index in [-0.39, 0.29) is 17.7 Å². The quantitative estimate of drug-likeness (QED) is 0.643. The Bertz CT molecular complexity index is 808. The van der Waals surface area contributed by atoms with Crippen LogP contribution in [0, 0.1) is 0 Å². The van der Waals surface area contributed by atoms with Gasteiger partial charge in [0.15, 0.2) is 0 Å². The molecule has 3 rings (SSSR count). The second-order valence-corrected chi connectivity index (χ2v) is 4.35. The highest BCUT2D eigenvalue weighted by Gasteiger charge is 2.17. The Morgan fingerprint density at radius 2 is 2.18 bits per heavy atom. The number of aromatic nitrogens is 4. The topological polar surface area (TPSA) is 123 Å². The molecule has 0 aliphatic rings. The summed E-state index contributed by atoms with van der Waals surface area (Å²) in [7, 11) is 0. The van der Waals surface area contributed by atoms with E-state index in [0.717, 1.165) is 6.39 Å². The molecule has 0 aliphatic heterocycles. The third-order valence-electron chi connectivity index (χ3n) is 2.94. The largest absolute Gasteiger partial charge is 0.423 e. The second-order valence-electron chi connectivity index (χ2n) is 4.35. The molecule has 8 heteroatoms. The molecule has 0 saturated heterocycles. The number of nitrogen functional groups attached to an aromatic ring is 1. The molecule has 22 heavy (non-hydrogen) atoms. The van der Waals surface area contributed by atoms with Crippen molar-refractivity contribution in [2.24, 2.45) is 0 Å². The molecule has 4 N–H and O–H groups in total. The first-order valence-corrected chi connectivity index (χ1v) is 6.38. The molecule has 8 nitrogen and oxygen atoms in total. The summed E-state index contributed by atoms with van der Waals surface area (Å²) < 4.78 is 20.6. The standard InChI is InChI=1S/C14H14N6O2/c15-14-16-6-10(13-20-17-8-22-13)12(19-14)18-11(7-21)9-4-2-1-3-5-9/h1-6,8,11,21H,7H2,(H3,15,16,18,19)/t11-/m1/s1/i7D2. The van der Waals surface area contributed by atoms with Gasteiger partial charge in [-0.05, 0) is 5.56 Å². The molecule has 0 fully saturated rings. The lowest BCUT2D eigenvalue weighted by atomic mass is 10.1. The van der Waals surface area contributed by atoms with E-state index in [2.05, 4.69) is 25.5 Å². The van der Waals surface area contributed by atoms with Crippen molar-refractivity contribution in [1.82, 2.24) is 20.2 Å². The fraction of sp³-hybridized carbons (Fsp3) is 0.143. The van der Waals surface area contributed by atoms with Crippen molar-refractivity contribution in [2.45, 2.75) is 6.04 Å². The van der Waals surface area contributed by atoms with Crippen molar-refractivity contribution in [3.05, 3.63) is 48.5 Å². The van der Waals surface area contributed by atoms with Crippen LogP contribution in [-0.2, 0) is 0 Å². The summed E-state index contributed by atoms with van der Waals surface area (Å²) in [5.41, 5.74) is 6.49. The average Bonchev–Trinajstić information content (AvgIpc) is 3.06. The highest BCUT2D eigenvalue weighted by atomic mass is 16.4. The number of hydrogen-bond donors (Lipinski definition) is 3. The molecule has 0 unspecified atom stereocenters. The van der Waals surface area contributed by atoms with Crippen molar-refractivity contribution in [3.8, 4) is 11.5 Å². The van der Waals surface area contributed by atoms with E-state index in [4.69, 9.17) is 12.9 Å². The minimum atomic E-state index is -2.56. The van der Waals surface area contributed by atoms with E-state index in [1.165, 1.54) is 6.20 Å². The summed E-state index contributed by atoms with van der Waals surface area (Å²) in [5.74, 6) is 0.285. The van der Waals surface area contributed by atoms with E-state index in [1.54, 1.807) is 30.3 Å². The normalized spacial score (nSPS) is 14.0. The van der Waals surface area contributed by atoms with Gasteiger partial charge in [0.1, 0.15) is 5.82 Å². The number of benzene rings is 1. The zero-order chi connectivity index (χ0) is 17.2. The molecule has 1 atom stereocenters. The van der Waals surface area contributed by atoms with Gasteiger partial charge in [0.25, 0.3) is 5.89 Å². The lowest BCUT2D eigenvalue weighted by Gasteiger charge is -2.18. The van der Waals surface area contributed by atoms with Gasteiger partial charge < -0.3 is 20.6 Å². The molecule has 0 aliphatic carbocycles. The maximum Gasteiger partial charge on any atom is 0.252 e. The molecular formula is C14H14N6O2. The molecule has 2 aromatic heterocycles. The van der Waals surface area contributed by atoms with Crippen LogP contribution in [0.2, 0.25) is 0 Å². The van der Waals surface area contributed by atoms with Crippen LogP contribution in [0.3, 0.4) is 0 Å². The molecule has 0 radical (unpaired) electrons. The van der Waals surface area contributed by atoms with Crippen LogP contribution in [0.25, 0.3) is 11.5 Å². The monoisotopic (exact) mass is 300 g/mol. The number of anilines is 2. The Hall–Kier alpha value is -3.00. The Kier molecular flexibility index (Phi) is 3.27. The van der Waals surface area contributed by atoms with E-state index < -0.39 is 12.6 Å². The molecule has 0 bridgehead atoms. The molecule has 112 valence electrons. The Labute approximate surface area is 128 Å². The van der Waals surface area contributed by atoms with Gasteiger partial charge in [0, 0.05) is 6.20 Å². The zero-order valence-corrected chi connectivity index (χ0v) is 11.3. The molecule has 2 heterocycles. The maximum absolute atomic E-state index is 9.93. The number of nitrogens with two attached hydrogens (primary N) is 1. The van der Waals surface area contributed by atoms with Crippen molar-refractivity contribution >= 4 is 11.8 Å². The van der Waals surface area contributed by atoms with Crippen LogP contribution >= 0.6 is 0 Å². The summed E-state index contributed by atoms with van der Waals surface area (Å²) in [6.07, 6.45) is 2.53. The minimum absolute atomic E-state index is 0.0221. The van der Waals surface area contributed by atoms with Crippen LogP contribution in [0.15, 0.2) is 47.3 Å². The van der Waals surface area contributed by atoms with Crippen LogP contribution in [0.4, 0.5) is 11.8 Å². The van der Waals surface area contributed by atoms with Gasteiger partial charge in [0.05, 0.1) is 20.9 Å². The van der Waals surface area contributed by atoms with E-state index in [1.807, 2.05) is 0 Å².